The smallest absolute Gasteiger partial charge is 0.320 e. The Morgan fingerprint density at radius 2 is 1.86 bits per heavy atom. The lowest BCUT2D eigenvalue weighted by Crippen LogP contribution is -2.56. The molecule has 1 atom stereocenters. The Morgan fingerprint density at radius 3 is 2.50 bits per heavy atom. The van der Waals surface area contributed by atoms with Crippen molar-refractivity contribution in [3.63, 3.8) is 0 Å². The summed E-state index contributed by atoms with van der Waals surface area (Å²) in [5.41, 5.74) is 0.920. The van der Waals surface area contributed by atoms with Gasteiger partial charge in [-0.1, -0.05) is 38.3 Å². The average molecular weight is 389 g/mol. The molecule has 1 saturated heterocycles. The molecule has 0 aromatic heterocycles. The van der Waals surface area contributed by atoms with Gasteiger partial charge in [0.15, 0.2) is 0 Å². The Hall–Kier alpha value is -2.57. The highest BCUT2D eigenvalue weighted by Crippen LogP contribution is 2.19. The maximum atomic E-state index is 12.7. The summed E-state index contributed by atoms with van der Waals surface area (Å²) in [6.45, 7) is 7.00. The van der Waals surface area contributed by atoms with E-state index in [1.165, 1.54) is 12.8 Å². The predicted molar refractivity (Wildman–Crippen MR) is 107 cm³/mol. The van der Waals surface area contributed by atoms with Crippen LogP contribution < -0.4 is 10.1 Å². The van der Waals surface area contributed by atoms with Crippen molar-refractivity contribution in [1.82, 2.24) is 15.1 Å². The van der Waals surface area contributed by atoms with E-state index < -0.39 is 0 Å². The van der Waals surface area contributed by atoms with E-state index in [-0.39, 0.29) is 17.9 Å². The molecule has 1 N–H and O–H groups in total. The molecule has 1 aliphatic rings. The Balaban J connectivity index is 1.95. The molecule has 1 aromatic rings. The number of nitrogens with one attached hydrogen (secondary N) is 1. The van der Waals surface area contributed by atoms with E-state index in [1.54, 1.807) is 21.9 Å². The Morgan fingerprint density at radius 1 is 1.14 bits per heavy atom. The summed E-state index contributed by atoms with van der Waals surface area (Å²) in [5, 5.41) is 3.02. The van der Waals surface area contributed by atoms with Gasteiger partial charge in [0.05, 0.1) is 5.92 Å². The third-order valence-corrected chi connectivity index (χ3v) is 4.99. The second kappa shape index (κ2) is 11.3. The number of amides is 3. The summed E-state index contributed by atoms with van der Waals surface area (Å²) in [7, 11) is 0. The monoisotopic (exact) mass is 389 g/mol. The highest BCUT2D eigenvalue weighted by Gasteiger charge is 2.34. The number of urea groups is 1. The van der Waals surface area contributed by atoms with Crippen LogP contribution in [0.2, 0.25) is 0 Å². The standard InChI is InChI=1S/C21H31N3O4/c1-3-5-6-7-12-22-20(26)18-14-23(4-2)21(27)24(15-18)13-17-8-10-19(11-9-17)28-16-25/h8-11,16,18H,3-7,12-15H2,1-2H3,(H,22,26). The van der Waals surface area contributed by atoms with Crippen LogP contribution in [0.3, 0.4) is 0 Å². The molecule has 0 spiro atoms. The van der Waals surface area contributed by atoms with Gasteiger partial charge in [0.25, 0.3) is 6.47 Å². The van der Waals surface area contributed by atoms with Crippen LogP contribution in [-0.4, -0.2) is 54.4 Å². The maximum Gasteiger partial charge on any atom is 0.320 e. The minimum atomic E-state index is -0.235. The van der Waals surface area contributed by atoms with Gasteiger partial charge in [-0.2, -0.15) is 0 Å². The number of benzene rings is 1. The number of carbonyl (C=O) groups excluding carboxylic acids is 3. The number of hydrogen-bond acceptors (Lipinski definition) is 4. The maximum absolute atomic E-state index is 12.7. The topological polar surface area (TPSA) is 79.0 Å². The minimum Gasteiger partial charge on any atom is -0.429 e. The van der Waals surface area contributed by atoms with Crippen molar-refractivity contribution in [1.29, 1.82) is 0 Å². The van der Waals surface area contributed by atoms with Crippen molar-refractivity contribution in [3.05, 3.63) is 29.8 Å². The normalized spacial score (nSPS) is 16.8. The van der Waals surface area contributed by atoms with Gasteiger partial charge >= 0.3 is 6.03 Å². The first-order chi connectivity index (χ1) is 13.6. The number of carbonyl (C=O) groups is 3. The molecule has 0 bridgehead atoms. The van der Waals surface area contributed by atoms with E-state index in [0.29, 0.717) is 44.9 Å². The molecule has 1 unspecified atom stereocenters. The number of ether oxygens (including phenoxy) is 1. The molecule has 1 fully saturated rings. The van der Waals surface area contributed by atoms with E-state index in [0.717, 1.165) is 18.4 Å². The van der Waals surface area contributed by atoms with Crippen LogP contribution in [0, 0.1) is 5.92 Å². The van der Waals surface area contributed by atoms with Crippen molar-refractivity contribution in [2.24, 2.45) is 5.92 Å². The largest absolute Gasteiger partial charge is 0.429 e. The molecule has 0 aliphatic carbocycles. The third-order valence-electron chi connectivity index (χ3n) is 4.99. The fourth-order valence-electron chi connectivity index (χ4n) is 3.37. The van der Waals surface area contributed by atoms with Gasteiger partial charge in [-0.05, 0) is 31.0 Å². The van der Waals surface area contributed by atoms with Gasteiger partial charge in [0, 0.05) is 32.7 Å². The Bertz CT molecular complexity index is 648. The predicted octanol–water partition coefficient (Wildman–Crippen LogP) is 2.79. The van der Waals surface area contributed by atoms with E-state index >= 15 is 0 Å². The van der Waals surface area contributed by atoms with Crippen molar-refractivity contribution < 1.29 is 19.1 Å². The number of rotatable bonds is 11. The molecule has 1 heterocycles. The molecule has 2 rings (SSSR count). The quantitative estimate of drug-likeness (QED) is 0.466. The van der Waals surface area contributed by atoms with Crippen LogP contribution in [0.15, 0.2) is 24.3 Å². The summed E-state index contributed by atoms with van der Waals surface area (Å²) in [5.74, 6) is 0.239. The van der Waals surface area contributed by atoms with E-state index in [2.05, 4.69) is 12.2 Å². The lowest BCUT2D eigenvalue weighted by Gasteiger charge is -2.39. The molecule has 7 nitrogen and oxygen atoms in total. The van der Waals surface area contributed by atoms with Gasteiger partial charge < -0.3 is 19.9 Å². The zero-order chi connectivity index (χ0) is 20.4. The van der Waals surface area contributed by atoms with Crippen LogP contribution in [0.25, 0.3) is 0 Å². The fraction of sp³-hybridized carbons (Fsp3) is 0.571. The molecule has 0 saturated carbocycles. The van der Waals surface area contributed by atoms with Crippen molar-refractivity contribution in [3.8, 4) is 5.75 Å². The van der Waals surface area contributed by atoms with Crippen LogP contribution >= 0.6 is 0 Å². The summed E-state index contributed by atoms with van der Waals surface area (Å²) in [6.07, 6.45) is 4.46. The number of nitrogens with zero attached hydrogens (tertiary/aromatic N) is 2. The van der Waals surface area contributed by atoms with E-state index in [4.69, 9.17) is 4.74 Å². The molecular formula is C21H31N3O4. The zero-order valence-electron chi connectivity index (χ0n) is 16.9. The molecule has 3 amide bonds. The van der Waals surface area contributed by atoms with Crippen LogP contribution in [0.4, 0.5) is 4.79 Å². The first-order valence-electron chi connectivity index (χ1n) is 10.1. The lowest BCUT2D eigenvalue weighted by molar-refractivity contribution is -0.126. The van der Waals surface area contributed by atoms with Gasteiger partial charge in [-0.25, -0.2) is 4.79 Å². The molecule has 154 valence electrons. The highest BCUT2D eigenvalue weighted by atomic mass is 16.5. The Kier molecular flexibility index (Phi) is 8.78. The number of hydrogen-bond donors (Lipinski definition) is 1. The summed E-state index contributed by atoms with van der Waals surface area (Å²) < 4.78 is 4.79. The molecule has 0 radical (unpaired) electrons. The van der Waals surface area contributed by atoms with Gasteiger partial charge in [-0.15, -0.1) is 0 Å². The molecule has 28 heavy (non-hydrogen) atoms. The van der Waals surface area contributed by atoms with Crippen molar-refractivity contribution in [2.75, 3.05) is 26.2 Å². The van der Waals surface area contributed by atoms with Gasteiger partial charge in [-0.3, -0.25) is 9.59 Å². The summed E-state index contributed by atoms with van der Waals surface area (Å²) in [6, 6.07) is 6.97. The fourth-order valence-corrected chi connectivity index (χ4v) is 3.37. The summed E-state index contributed by atoms with van der Waals surface area (Å²) >= 11 is 0. The molecule has 7 heteroatoms. The molecule has 1 aliphatic heterocycles. The first kappa shape index (κ1) is 21.7. The molecule has 1 aromatic carbocycles. The van der Waals surface area contributed by atoms with Crippen molar-refractivity contribution in [2.45, 2.75) is 46.1 Å². The zero-order valence-corrected chi connectivity index (χ0v) is 16.9. The van der Waals surface area contributed by atoms with E-state index in [1.807, 2.05) is 19.1 Å². The molecular weight excluding hydrogens is 358 g/mol. The van der Waals surface area contributed by atoms with Crippen molar-refractivity contribution >= 4 is 18.4 Å². The SMILES string of the molecule is CCCCCCNC(=O)C1CN(CC)C(=O)N(Cc2ccc(OC=O)cc2)C1. The average Bonchev–Trinajstić information content (AvgIpc) is 2.70. The second-order valence-corrected chi connectivity index (χ2v) is 7.11. The van der Waals surface area contributed by atoms with Gasteiger partial charge in [0.2, 0.25) is 5.91 Å². The summed E-state index contributed by atoms with van der Waals surface area (Å²) in [4.78, 5) is 39.1. The highest BCUT2D eigenvalue weighted by molar-refractivity contribution is 5.83. The lowest BCUT2D eigenvalue weighted by atomic mass is 10.0. The third kappa shape index (κ3) is 6.25. The number of unbranched alkanes of at least 4 members (excludes halogenated alkanes) is 3. The van der Waals surface area contributed by atoms with Crippen LogP contribution in [0.1, 0.15) is 45.1 Å². The van der Waals surface area contributed by atoms with Crippen LogP contribution in [0.5, 0.6) is 5.75 Å². The minimum absolute atomic E-state index is 0.0159. The van der Waals surface area contributed by atoms with Gasteiger partial charge in [0.1, 0.15) is 5.75 Å². The first-order valence-corrected chi connectivity index (χ1v) is 10.1. The second-order valence-electron chi connectivity index (χ2n) is 7.11. The Labute approximate surface area is 167 Å². The van der Waals surface area contributed by atoms with E-state index in [9.17, 15) is 14.4 Å². The van der Waals surface area contributed by atoms with Crippen LogP contribution in [-0.2, 0) is 16.1 Å².